The second-order valence-electron chi connectivity index (χ2n) is 4.56. The van der Waals surface area contributed by atoms with Gasteiger partial charge >= 0.3 is 0 Å². The zero-order chi connectivity index (χ0) is 14.1. The number of nitrogens with zero attached hydrogens (tertiary/aromatic N) is 1. The van der Waals surface area contributed by atoms with E-state index >= 15 is 0 Å². The van der Waals surface area contributed by atoms with Crippen LogP contribution in [0.25, 0.3) is 11.0 Å². The first-order valence-electron chi connectivity index (χ1n) is 6.18. The molecule has 0 aliphatic carbocycles. The first kappa shape index (κ1) is 12.2. The van der Waals surface area contributed by atoms with E-state index in [1.165, 1.54) is 12.1 Å². The number of hydrogen-bond acceptors (Lipinski definition) is 3. The molecule has 3 N–H and O–H groups in total. The van der Waals surface area contributed by atoms with E-state index in [4.69, 9.17) is 0 Å². The van der Waals surface area contributed by atoms with Gasteiger partial charge in [-0.2, -0.15) is 0 Å². The summed E-state index contributed by atoms with van der Waals surface area (Å²) in [5, 5.41) is 12.2. The van der Waals surface area contributed by atoms with Gasteiger partial charge in [0.15, 0.2) is 0 Å². The molecule has 3 rings (SSSR count). The summed E-state index contributed by atoms with van der Waals surface area (Å²) >= 11 is 0. The van der Waals surface area contributed by atoms with Crippen LogP contribution < -0.4 is 5.32 Å². The number of benzene rings is 2. The monoisotopic (exact) mass is 267 g/mol. The summed E-state index contributed by atoms with van der Waals surface area (Å²) in [6, 6.07) is 11.7. The number of fused-ring (bicyclic) bond motifs is 1. The number of imidazole rings is 1. The second kappa shape index (κ2) is 4.70. The fourth-order valence-electron chi connectivity index (χ4n) is 2.07. The van der Waals surface area contributed by atoms with E-state index in [0.717, 1.165) is 16.9 Å². The Morgan fingerprint density at radius 1 is 1.25 bits per heavy atom. The number of rotatable bonds is 2. The van der Waals surface area contributed by atoms with E-state index in [-0.39, 0.29) is 11.7 Å². The summed E-state index contributed by atoms with van der Waals surface area (Å²) in [5.74, 6) is 0.630. The molecule has 0 bridgehead atoms. The lowest BCUT2D eigenvalue weighted by molar-refractivity contribution is 0.102. The summed E-state index contributed by atoms with van der Waals surface area (Å²) < 4.78 is 0. The Kier molecular flexibility index (Phi) is 2.87. The molecule has 1 aromatic heterocycles. The van der Waals surface area contributed by atoms with Gasteiger partial charge < -0.3 is 15.4 Å². The van der Waals surface area contributed by atoms with Gasteiger partial charge in [0.05, 0.1) is 11.0 Å². The second-order valence-corrected chi connectivity index (χ2v) is 4.56. The quantitative estimate of drug-likeness (QED) is 0.668. The SMILES string of the molecule is Cc1nc2ccc(NC(=O)c3cccc(O)c3)cc2[nH]1. The highest BCUT2D eigenvalue weighted by molar-refractivity contribution is 6.05. The van der Waals surface area contributed by atoms with Gasteiger partial charge in [-0.05, 0) is 43.3 Å². The maximum atomic E-state index is 12.1. The smallest absolute Gasteiger partial charge is 0.255 e. The largest absolute Gasteiger partial charge is 0.508 e. The van der Waals surface area contributed by atoms with Crippen molar-refractivity contribution < 1.29 is 9.90 Å². The number of hydrogen-bond donors (Lipinski definition) is 3. The standard InChI is InChI=1S/C15H13N3O2/c1-9-16-13-6-5-11(8-14(13)17-9)18-15(20)10-3-2-4-12(19)7-10/h2-8,19H,1H3,(H,16,17)(H,18,20). The third kappa shape index (κ3) is 2.33. The predicted octanol–water partition coefficient (Wildman–Crippen LogP) is 2.83. The van der Waals surface area contributed by atoms with Crippen LogP contribution in [0.4, 0.5) is 5.69 Å². The lowest BCUT2D eigenvalue weighted by Crippen LogP contribution is -2.11. The average molecular weight is 267 g/mol. The molecule has 1 amide bonds. The van der Waals surface area contributed by atoms with Gasteiger partial charge in [0.1, 0.15) is 11.6 Å². The summed E-state index contributed by atoms with van der Waals surface area (Å²) in [5.41, 5.74) is 2.81. The molecule has 0 spiro atoms. The number of aryl methyl sites for hydroxylation is 1. The van der Waals surface area contributed by atoms with Crippen LogP contribution in [0.5, 0.6) is 5.75 Å². The third-order valence-electron chi connectivity index (χ3n) is 2.97. The van der Waals surface area contributed by atoms with E-state index in [2.05, 4.69) is 15.3 Å². The highest BCUT2D eigenvalue weighted by atomic mass is 16.3. The Labute approximate surface area is 115 Å². The number of aromatic amines is 1. The van der Waals surface area contributed by atoms with E-state index in [9.17, 15) is 9.90 Å². The van der Waals surface area contributed by atoms with Gasteiger partial charge in [0.2, 0.25) is 0 Å². The lowest BCUT2D eigenvalue weighted by atomic mass is 10.2. The molecule has 5 heteroatoms. The Morgan fingerprint density at radius 2 is 2.10 bits per heavy atom. The van der Waals surface area contributed by atoms with Crippen molar-refractivity contribution in [2.75, 3.05) is 5.32 Å². The fourth-order valence-corrected chi connectivity index (χ4v) is 2.07. The minimum atomic E-state index is -0.267. The topological polar surface area (TPSA) is 78.0 Å². The number of phenols is 1. The number of nitrogens with one attached hydrogen (secondary N) is 2. The number of aromatic nitrogens is 2. The molecule has 100 valence electrons. The zero-order valence-corrected chi connectivity index (χ0v) is 10.8. The van der Waals surface area contributed by atoms with Crippen molar-refractivity contribution in [3.63, 3.8) is 0 Å². The molecule has 0 unspecified atom stereocenters. The first-order chi connectivity index (χ1) is 9.61. The maximum Gasteiger partial charge on any atom is 0.255 e. The normalized spacial score (nSPS) is 10.7. The molecule has 0 aliphatic heterocycles. The molecule has 0 atom stereocenters. The number of carbonyl (C=O) groups is 1. The van der Waals surface area contributed by atoms with Crippen molar-refractivity contribution in [2.24, 2.45) is 0 Å². The number of phenolic OH excluding ortho intramolecular Hbond substituents is 1. The summed E-state index contributed by atoms with van der Waals surface area (Å²) in [7, 11) is 0. The van der Waals surface area contributed by atoms with Gasteiger partial charge in [-0.25, -0.2) is 4.98 Å². The molecule has 1 heterocycles. The average Bonchev–Trinajstić information content (AvgIpc) is 2.78. The molecule has 0 saturated carbocycles. The van der Waals surface area contributed by atoms with Crippen LogP contribution in [-0.2, 0) is 0 Å². The van der Waals surface area contributed by atoms with Gasteiger partial charge in [0, 0.05) is 11.3 Å². The molecule has 0 fully saturated rings. The van der Waals surface area contributed by atoms with Crippen LogP contribution in [0.1, 0.15) is 16.2 Å². The maximum absolute atomic E-state index is 12.1. The predicted molar refractivity (Wildman–Crippen MR) is 76.9 cm³/mol. The highest BCUT2D eigenvalue weighted by Gasteiger charge is 2.08. The summed E-state index contributed by atoms with van der Waals surface area (Å²) in [4.78, 5) is 19.5. The molecule has 3 aromatic rings. The van der Waals surface area contributed by atoms with Gasteiger partial charge in [-0.3, -0.25) is 4.79 Å². The summed E-state index contributed by atoms with van der Waals surface area (Å²) in [6.07, 6.45) is 0. The van der Waals surface area contributed by atoms with Crippen LogP contribution in [-0.4, -0.2) is 21.0 Å². The molecular formula is C15H13N3O2. The van der Waals surface area contributed by atoms with Crippen molar-refractivity contribution in [2.45, 2.75) is 6.92 Å². The van der Waals surface area contributed by atoms with Crippen molar-refractivity contribution in [1.82, 2.24) is 9.97 Å². The fraction of sp³-hybridized carbons (Fsp3) is 0.0667. The van der Waals surface area contributed by atoms with E-state index in [0.29, 0.717) is 11.3 Å². The molecule has 0 radical (unpaired) electrons. The van der Waals surface area contributed by atoms with Crippen molar-refractivity contribution in [3.8, 4) is 5.75 Å². The molecule has 20 heavy (non-hydrogen) atoms. The number of anilines is 1. The summed E-state index contributed by atoms with van der Waals surface area (Å²) in [6.45, 7) is 1.88. The lowest BCUT2D eigenvalue weighted by Gasteiger charge is -2.05. The minimum Gasteiger partial charge on any atom is -0.508 e. The Morgan fingerprint density at radius 3 is 2.90 bits per heavy atom. The van der Waals surface area contributed by atoms with Crippen LogP contribution in [0.2, 0.25) is 0 Å². The van der Waals surface area contributed by atoms with Crippen LogP contribution in [0.3, 0.4) is 0 Å². The van der Waals surface area contributed by atoms with E-state index in [1.807, 2.05) is 19.1 Å². The van der Waals surface area contributed by atoms with E-state index in [1.54, 1.807) is 18.2 Å². The Bertz CT molecular complexity index is 793. The zero-order valence-electron chi connectivity index (χ0n) is 10.8. The minimum absolute atomic E-state index is 0.0669. The van der Waals surface area contributed by atoms with Crippen LogP contribution >= 0.6 is 0 Å². The van der Waals surface area contributed by atoms with Crippen LogP contribution in [0.15, 0.2) is 42.5 Å². The van der Waals surface area contributed by atoms with Gasteiger partial charge in [-0.15, -0.1) is 0 Å². The molecule has 5 nitrogen and oxygen atoms in total. The molecule has 0 saturated heterocycles. The van der Waals surface area contributed by atoms with Gasteiger partial charge in [0.25, 0.3) is 5.91 Å². The van der Waals surface area contributed by atoms with Crippen molar-refractivity contribution >= 4 is 22.6 Å². The molecule has 0 aliphatic rings. The Hall–Kier alpha value is -2.82. The van der Waals surface area contributed by atoms with Crippen molar-refractivity contribution in [1.29, 1.82) is 0 Å². The Balaban J connectivity index is 1.87. The number of amides is 1. The number of H-pyrrole nitrogens is 1. The molecule has 2 aromatic carbocycles. The molecular weight excluding hydrogens is 254 g/mol. The van der Waals surface area contributed by atoms with E-state index < -0.39 is 0 Å². The number of carbonyl (C=O) groups excluding carboxylic acids is 1. The highest BCUT2D eigenvalue weighted by Crippen LogP contribution is 2.18. The van der Waals surface area contributed by atoms with Crippen molar-refractivity contribution in [3.05, 3.63) is 53.9 Å². The number of aromatic hydroxyl groups is 1. The van der Waals surface area contributed by atoms with Crippen LogP contribution in [0, 0.1) is 6.92 Å². The first-order valence-corrected chi connectivity index (χ1v) is 6.18. The third-order valence-corrected chi connectivity index (χ3v) is 2.97. The van der Waals surface area contributed by atoms with Gasteiger partial charge in [-0.1, -0.05) is 6.07 Å².